The third-order valence-corrected chi connectivity index (χ3v) is 3.55. The van der Waals surface area contributed by atoms with Gasteiger partial charge in [0.05, 0.1) is 0 Å². The molecular formula is C18H20N6. The van der Waals surface area contributed by atoms with Crippen molar-refractivity contribution >= 4 is 23.0 Å². The van der Waals surface area contributed by atoms with Crippen LogP contribution >= 0.6 is 0 Å². The topological polar surface area (TPSA) is 66.0 Å². The molecule has 0 spiro atoms. The van der Waals surface area contributed by atoms with E-state index in [-0.39, 0.29) is 0 Å². The zero-order valence-electron chi connectivity index (χ0n) is 13.8. The standard InChI is InChI=1S/C18H20N6/c1-24(2)16-5-3-15(4-6-16)23-18-11-17(21-13-22-18)20-12-14-7-9-19-10-8-14/h3-11,13H,12H2,1-2H3,(H2,20,21,22,23). The number of benzene rings is 1. The lowest BCUT2D eigenvalue weighted by molar-refractivity contribution is 1.07. The van der Waals surface area contributed by atoms with Gasteiger partial charge in [-0.3, -0.25) is 4.98 Å². The van der Waals surface area contributed by atoms with Gasteiger partial charge in [-0.1, -0.05) is 0 Å². The second-order valence-electron chi connectivity index (χ2n) is 5.56. The van der Waals surface area contributed by atoms with Crippen LogP contribution in [0.4, 0.5) is 23.0 Å². The molecule has 2 heterocycles. The monoisotopic (exact) mass is 320 g/mol. The summed E-state index contributed by atoms with van der Waals surface area (Å²) in [6.07, 6.45) is 5.11. The van der Waals surface area contributed by atoms with Crippen LogP contribution in [0.2, 0.25) is 0 Å². The van der Waals surface area contributed by atoms with Crippen LogP contribution < -0.4 is 15.5 Å². The van der Waals surface area contributed by atoms with Gasteiger partial charge in [0, 0.05) is 50.5 Å². The van der Waals surface area contributed by atoms with Crippen molar-refractivity contribution in [2.75, 3.05) is 29.6 Å². The smallest absolute Gasteiger partial charge is 0.135 e. The Balaban J connectivity index is 1.64. The number of hydrogen-bond acceptors (Lipinski definition) is 6. The summed E-state index contributed by atoms with van der Waals surface area (Å²) < 4.78 is 0. The van der Waals surface area contributed by atoms with Crippen LogP contribution in [0.3, 0.4) is 0 Å². The predicted octanol–water partition coefficient (Wildman–Crippen LogP) is 3.29. The number of aromatic nitrogens is 3. The first-order valence-electron chi connectivity index (χ1n) is 7.70. The van der Waals surface area contributed by atoms with Crippen molar-refractivity contribution < 1.29 is 0 Å². The fourth-order valence-corrected chi connectivity index (χ4v) is 2.21. The molecular weight excluding hydrogens is 300 g/mol. The molecule has 122 valence electrons. The Labute approximate surface area is 141 Å². The van der Waals surface area contributed by atoms with E-state index in [1.807, 2.05) is 44.4 Å². The first-order valence-corrected chi connectivity index (χ1v) is 7.70. The zero-order chi connectivity index (χ0) is 16.8. The Morgan fingerprint density at radius 2 is 1.62 bits per heavy atom. The molecule has 0 fully saturated rings. The van der Waals surface area contributed by atoms with Crippen LogP contribution in [0.1, 0.15) is 5.56 Å². The Bertz CT molecular complexity index is 771. The molecule has 24 heavy (non-hydrogen) atoms. The first-order chi connectivity index (χ1) is 11.7. The average Bonchev–Trinajstić information content (AvgIpc) is 2.62. The highest BCUT2D eigenvalue weighted by Crippen LogP contribution is 2.20. The minimum atomic E-state index is 0.691. The number of nitrogens with zero attached hydrogens (tertiary/aromatic N) is 4. The predicted molar refractivity (Wildman–Crippen MR) is 97.6 cm³/mol. The van der Waals surface area contributed by atoms with Crippen molar-refractivity contribution in [2.24, 2.45) is 0 Å². The summed E-state index contributed by atoms with van der Waals surface area (Å²) in [4.78, 5) is 14.6. The maximum atomic E-state index is 4.26. The Kier molecular flexibility index (Phi) is 4.86. The van der Waals surface area contributed by atoms with E-state index in [0.717, 1.165) is 28.6 Å². The van der Waals surface area contributed by atoms with E-state index in [1.165, 1.54) is 0 Å². The third-order valence-electron chi connectivity index (χ3n) is 3.55. The molecule has 0 unspecified atom stereocenters. The first kappa shape index (κ1) is 15.7. The van der Waals surface area contributed by atoms with Crippen LogP contribution in [0.5, 0.6) is 0 Å². The summed E-state index contributed by atoms with van der Waals surface area (Å²) in [5, 5.41) is 6.57. The van der Waals surface area contributed by atoms with Gasteiger partial charge in [-0.2, -0.15) is 0 Å². The van der Waals surface area contributed by atoms with Gasteiger partial charge in [-0.05, 0) is 42.0 Å². The summed E-state index contributed by atoms with van der Waals surface area (Å²) in [5.74, 6) is 1.52. The molecule has 0 amide bonds. The lowest BCUT2D eigenvalue weighted by atomic mass is 10.2. The lowest BCUT2D eigenvalue weighted by Crippen LogP contribution is -2.08. The van der Waals surface area contributed by atoms with E-state index in [4.69, 9.17) is 0 Å². The van der Waals surface area contributed by atoms with E-state index in [1.54, 1.807) is 18.7 Å². The van der Waals surface area contributed by atoms with Gasteiger partial charge in [0.1, 0.15) is 18.0 Å². The molecule has 2 aromatic heterocycles. The van der Waals surface area contributed by atoms with E-state index in [2.05, 4.69) is 42.6 Å². The average molecular weight is 320 g/mol. The van der Waals surface area contributed by atoms with Crippen molar-refractivity contribution in [3.8, 4) is 0 Å². The van der Waals surface area contributed by atoms with Gasteiger partial charge >= 0.3 is 0 Å². The molecule has 2 N–H and O–H groups in total. The van der Waals surface area contributed by atoms with Crippen LogP contribution in [0.15, 0.2) is 61.2 Å². The summed E-state index contributed by atoms with van der Waals surface area (Å²) in [7, 11) is 4.04. The lowest BCUT2D eigenvalue weighted by Gasteiger charge is -2.13. The van der Waals surface area contributed by atoms with Gasteiger partial charge < -0.3 is 15.5 Å². The Morgan fingerprint density at radius 3 is 2.33 bits per heavy atom. The van der Waals surface area contributed by atoms with Crippen molar-refractivity contribution in [3.63, 3.8) is 0 Å². The van der Waals surface area contributed by atoms with Gasteiger partial charge in [0.25, 0.3) is 0 Å². The van der Waals surface area contributed by atoms with Crippen molar-refractivity contribution in [3.05, 3.63) is 66.7 Å². The van der Waals surface area contributed by atoms with E-state index in [0.29, 0.717) is 6.54 Å². The molecule has 0 atom stereocenters. The zero-order valence-corrected chi connectivity index (χ0v) is 13.8. The van der Waals surface area contributed by atoms with Crippen molar-refractivity contribution in [1.82, 2.24) is 15.0 Å². The van der Waals surface area contributed by atoms with Crippen LogP contribution in [-0.4, -0.2) is 29.0 Å². The second-order valence-corrected chi connectivity index (χ2v) is 5.56. The molecule has 3 rings (SSSR count). The molecule has 0 bridgehead atoms. The largest absolute Gasteiger partial charge is 0.378 e. The van der Waals surface area contributed by atoms with E-state index in [9.17, 15) is 0 Å². The molecule has 1 aromatic carbocycles. The molecule has 0 aliphatic rings. The van der Waals surface area contributed by atoms with E-state index >= 15 is 0 Å². The van der Waals surface area contributed by atoms with Crippen LogP contribution in [-0.2, 0) is 6.54 Å². The molecule has 6 nitrogen and oxygen atoms in total. The maximum Gasteiger partial charge on any atom is 0.135 e. The number of pyridine rings is 1. The quantitative estimate of drug-likeness (QED) is 0.726. The molecule has 0 saturated carbocycles. The molecule has 0 aliphatic heterocycles. The summed E-state index contributed by atoms with van der Waals surface area (Å²) in [6.45, 7) is 0.691. The van der Waals surface area contributed by atoms with Crippen molar-refractivity contribution in [1.29, 1.82) is 0 Å². The third kappa shape index (κ3) is 4.19. The summed E-state index contributed by atoms with van der Waals surface area (Å²) in [6, 6.07) is 14.0. The van der Waals surface area contributed by atoms with Gasteiger partial charge in [0.15, 0.2) is 0 Å². The fourth-order valence-electron chi connectivity index (χ4n) is 2.21. The van der Waals surface area contributed by atoms with Crippen LogP contribution in [0, 0.1) is 0 Å². The minimum Gasteiger partial charge on any atom is -0.378 e. The number of rotatable bonds is 6. The van der Waals surface area contributed by atoms with Gasteiger partial charge in [0.2, 0.25) is 0 Å². The normalized spacial score (nSPS) is 10.2. The SMILES string of the molecule is CN(C)c1ccc(Nc2cc(NCc3ccncc3)ncn2)cc1. The van der Waals surface area contributed by atoms with Crippen LogP contribution in [0.25, 0.3) is 0 Å². The molecule has 3 aromatic rings. The van der Waals surface area contributed by atoms with Crippen molar-refractivity contribution in [2.45, 2.75) is 6.54 Å². The minimum absolute atomic E-state index is 0.691. The fraction of sp³-hybridized carbons (Fsp3) is 0.167. The van der Waals surface area contributed by atoms with Gasteiger partial charge in [-0.15, -0.1) is 0 Å². The highest BCUT2D eigenvalue weighted by Gasteiger charge is 2.01. The Hall–Kier alpha value is -3.15. The Morgan fingerprint density at radius 1 is 0.917 bits per heavy atom. The van der Waals surface area contributed by atoms with E-state index < -0.39 is 0 Å². The number of nitrogens with one attached hydrogen (secondary N) is 2. The highest BCUT2D eigenvalue weighted by atomic mass is 15.1. The molecule has 0 aliphatic carbocycles. The summed E-state index contributed by atoms with van der Waals surface area (Å²) >= 11 is 0. The summed E-state index contributed by atoms with van der Waals surface area (Å²) in [5.41, 5.74) is 3.29. The second kappa shape index (κ2) is 7.41. The highest BCUT2D eigenvalue weighted by molar-refractivity contribution is 5.62. The number of anilines is 4. The molecule has 0 radical (unpaired) electrons. The molecule has 0 saturated heterocycles. The molecule has 6 heteroatoms. The maximum absolute atomic E-state index is 4.26. The number of hydrogen-bond donors (Lipinski definition) is 2. The van der Waals surface area contributed by atoms with Gasteiger partial charge in [-0.25, -0.2) is 9.97 Å².